The first kappa shape index (κ1) is 19.9. The van der Waals surface area contributed by atoms with Crippen LogP contribution in [0.25, 0.3) is 17.0 Å². The Morgan fingerprint density at radius 1 is 1.30 bits per heavy atom. The average Bonchev–Trinajstić information content (AvgIpc) is 3.39. The van der Waals surface area contributed by atoms with Gasteiger partial charge in [-0.2, -0.15) is 5.26 Å². The third kappa shape index (κ3) is 4.42. The highest BCUT2D eigenvalue weighted by Crippen LogP contribution is 2.25. The summed E-state index contributed by atoms with van der Waals surface area (Å²) >= 11 is 0. The van der Waals surface area contributed by atoms with Gasteiger partial charge in [0.2, 0.25) is 0 Å². The van der Waals surface area contributed by atoms with Crippen LogP contribution in [0.2, 0.25) is 0 Å². The van der Waals surface area contributed by atoms with Crippen molar-refractivity contribution in [3.05, 3.63) is 77.2 Å². The van der Waals surface area contributed by atoms with Crippen LogP contribution in [0.5, 0.6) is 0 Å². The zero-order chi connectivity index (χ0) is 20.9. The number of hydrogen-bond donors (Lipinski definition) is 1. The Balaban J connectivity index is 1.61. The molecule has 1 saturated heterocycles. The van der Waals surface area contributed by atoms with E-state index in [1.54, 1.807) is 12.1 Å². The van der Waals surface area contributed by atoms with E-state index in [1.165, 1.54) is 12.1 Å². The summed E-state index contributed by atoms with van der Waals surface area (Å²) in [5.41, 5.74) is 2.60. The molecule has 3 aromatic rings. The molecule has 1 aliphatic rings. The Hall–Kier alpha value is -3.43. The summed E-state index contributed by atoms with van der Waals surface area (Å²) in [6, 6.07) is 16.2. The van der Waals surface area contributed by atoms with Crippen LogP contribution in [0.3, 0.4) is 0 Å². The lowest BCUT2D eigenvalue weighted by Crippen LogP contribution is -2.32. The molecule has 0 aliphatic carbocycles. The first-order chi connectivity index (χ1) is 14.6. The van der Waals surface area contributed by atoms with Crippen LogP contribution in [-0.2, 0) is 16.1 Å². The van der Waals surface area contributed by atoms with Crippen LogP contribution >= 0.6 is 0 Å². The monoisotopic (exact) mass is 403 g/mol. The standard InChI is InChI=1S/C24H22FN3O2/c25-20-6-3-5-17(11-20)15-28-16-19(22-8-1-2-9-23(22)28)12-18(13-26)24(29)27-14-21-7-4-10-30-21/h1-3,5-6,8-9,11-12,16,21H,4,7,10,14-15H2,(H,27,29)/b18-12+/t21-/m0/s1. The Kier molecular flexibility index (Phi) is 5.92. The fourth-order valence-corrected chi connectivity index (χ4v) is 3.76. The molecule has 4 rings (SSSR count). The number of fused-ring (bicyclic) bond motifs is 1. The van der Waals surface area contributed by atoms with E-state index in [1.807, 2.05) is 47.2 Å². The number of carbonyl (C=O) groups is 1. The molecule has 5 nitrogen and oxygen atoms in total. The molecule has 0 unspecified atom stereocenters. The van der Waals surface area contributed by atoms with E-state index in [9.17, 15) is 14.4 Å². The lowest BCUT2D eigenvalue weighted by molar-refractivity contribution is -0.117. The molecule has 0 bridgehead atoms. The molecule has 1 atom stereocenters. The Labute approximate surface area is 174 Å². The molecule has 0 saturated carbocycles. The first-order valence-corrected chi connectivity index (χ1v) is 9.98. The first-order valence-electron chi connectivity index (χ1n) is 9.98. The number of nitriles is 1. The maximum atomic E-state index is 13.6. The second-order valence-corrected chi connectivity index (χ2v) is 7.37. The van der Waals surface area contributed by atoms with Gasteiger partial charge in [-0.25, -0.2) is 4.39 Å². The Morgan fingerprint density at radius 2 is 2.17 bits per heavy atom. The number of rotatable bonds is 6. The number of hydrogen-bond acceptors (Lipinski definition) is 3. The second kappa shape index (κ2) is 8.93. The van der Waals surface area contributed by atoms with Crippen molar-refractivity contribution in [2.24, 2.45) is 0 Å². The summed E-state index contributed by atoms with van der Waals surface area (Å²) < 4.78 is 21.1. The predicted molar refractivity (Wildman–Crippen MR) is 113 cm³/mol. The molecule has 1 fully saturated rings. The third-order valence-corrected chi connectivity index (χ3v) is 5.24. The number of para-hydroxylation sites is 1. The van der Waals surface area contributed by atoms with Crippen LogP contribution in [0, 0.1) is 17.1 Å². The van der Waals surface area contributed by atoms with Crippen molar-refractivity contribution in [3.8, 4) is 6.07 Å². The Bertz CT molecular complexity index is 1140. The van der Waals surface area contributed by atoms with Crippen molar-refractivity contribution in [3.63, 3.8) is 0 Å². The van der Waals surface area contributed by atoms with Gasteiger partial charge < -0.3 is 14.6 Å². The zero-order valence-corrected chi connectivity index (χ0v) is 16.5. The van der Waals surface area contributed by atoms with Crippen LogP contribution < -0.4 is 5.32 Å². The van der Waals surface area contributed by atoms with E-state index < -0.39 is 5.91 Å². The molecule has 152 valence electrons. The minimum Gasteiger partial charge on any atom is -0.376 e. The number of aromatic nitrogens is 1. The van der Waals surface area contributed by atoms with Gasteiger partial charge in [-0.3, -0.25) is 4.79 Å². The van der Waals surface area contributed by atoms with Gasteiger partial charge in [0, 0.05) is 42.4 Å². The Morgan fingerprint density at radius 3 is 2.93 bits per heavy atom. The average molecular weight is 403 g/mol. The minimum absolute atomic E-state index is 0.0158. The molecular formula is C24H22FN3O2. The molecule has 1 aliphatic heterocycles. The van der Waals surface area contributed by atoms with Crippen molar-refractivity contribution in [1.29, 1.82) is 5.26 Å². The topological polar surface area (TPSA) is 67.0 Å². The van der Waals surface area contributed by atoms with Crippen LogP contribution in [0.15, 0.2) is 60.3 Å². The van der Waals surface area contributed by atoms with Crippen molar-refractivity contribution >= 4 is 22.9 Å². The van der Waals surface area contributed by atoms with E-state index in [-0.39, 0.29) is 17.5 Å². The van der Waals surface area contributed by atoms with Crippen molar-refractivity contribution in [1.82, 2.24) is 9.88 Å². The van der Waals surface area contributed by atoms with Gasteiger partial charge in [0.15, 0.2) is 0 Å². The van der Waals surface area contributed by atoms with Crippen LogP contribution in [0.1, 0.15) is 24.0 Å². The van der Waals surface area contributed by atoms with Crippen molar-refractivity contribution in [2.75, 3.05) is 13.2 Å². The summed E-state index contributed by atoms with van der Waals surface area (Å²) in [6.45, 7) is 1.60. The minimum atomic E-state index is -0.407. The summed E-state index contributed by atoms with van der Waals surface area (Å²) in [4.78, 5) is 12.5. The maximum absolute atomic E-state index is 13.6. The van der Waals surface area contributed by atoms with Gasteiger partial charge >= 0.3 is 0 Å². The quantitative estimate of drug-likeness (QED) is 0.499. The van der Waals surface area contributed by atoms with Crippen molar-refractivity contribution < 1.29 is 13.9 Å². The fraction of sp³-hybridized carbons (Fsp3) is 0.250. The normalized spacial score (nSPS) is 16.5. The summed E-state index contributed by atoms with van der Waals surface area (Å²) in [7, 11) is 0. The second-order valence-electron chi connectivity index (χ2n) is 7.37. The van der Waals surface area contributed by atoms with Crippen LogP contribution in [0.4, 0.5) is 4.39 Å². The van der Waals surface area contributed by atoms with Gasteiger partial charge in [0.05, 0.1) is 6.10 Å². The van der Waals surface area contributed by atoms with Crippen LogP contribution in [-0.4, -0.2) is 29.7 Å². The number of halogens is 1. The molecule has 2 heterocycles. The molecule has 0 radical (unpaired) electrons. The molecule has 1 N–H and O–H groups in total. The highest BCUT2D eigenvalue weighted by molar-refractivity contribution is 6.04. The molecule has 1 aromatic heterocycles. The number of nitrogens with one attached hydrogen (secondary N) is 1. The van der Waals surface area contributed by atoms with Gasteiger partial charge in [-0.1, -0.05) is 30.3 Å². The largest absolute Gasteiger partial charge is 0.376 e. The van der Waals surface area contributed by atoms with Gasteiger partial charge in [-0.15, -0.1) is 0 Å². The fourth-order valence-electron chi connectivity index (χ4n) is 3.76. The van der Waals surface area contributed by atoms with Gasteiger partial charge in [-0.05, 0) is 42.7 Å². The molecule has 30 heavy (non-hydrogen) atoms. The lowest BCUT2D eigenvalue weighted by atomic mass is 10.1. The van der Waals surface area contributed by atoms with E-state index in [2.05, 4.69) is 5.32 Å². The molecule has 6 heteroatoms. The summed E-state index contributed by atoms with van der Waals surface area (Å²) in [5, 5.41) is 13.3. The number of carbonyl (C=O) groups excluding carboxylic acids is 1. The molecule has 1 amide bonds. The third-order valence-electron chi connectivity index (χ3n) is 5.24. The maximum Gasteiger partial charge on any atom is 0.262 e. The van der Waals surface area contributed by atoms with Gasteiger partial charge in [0.1, 0.15) is 17.5 Å². The molecular weight excluding hydrogens is 381 g/mol. The van der Waals surface area contributed by atoms with E-state index in [4.69, 9.17) is 4.74 Å². The zero-order valence-electron chi connectivity index (χ0n) is 16.5. The SMILES string of the molecule is N#C/C(=C\c1cn(Cc2cccc(F)c2)c2ccccc12)C(=O)NC[C@@H]1CCCO1. The number of benzene rings is 2. The van der Waals surface area contributed by atoms with Crippen molar-refractivity contribution in [2.45, 2.75) is 25.5 Å². The molecule has 2 aromatic carbocycles. The van der Waals surface area contributed by atoms with Gasteiger partial charge in [0.25, 0.3) is 5.91 Å². The highest BCUT2D eigenvalue weighted by atomic mass is 19.1. The van der Waals surface area contributed by atoms with E-state index in [0.717, 1.165) is 34.9 Å². The highest BCUT2D eigenvalue weighted by Gasteiger charge is 2.18. The predicted octanol–water partition coefficient (Wildman–Crippen LogP) is 4.03. The van der Waals surface area contributed by atoms with E-state index in [0.29, 0.717) is 19.7 Å². The number of nitrogens with zero attached hydrogens (tertiary/aromatic N) is 2. The smallest absolute Gasteiger partial charge is 0.262 e. The van der Waals surface area contributed by atoms with E-state index >= 15 is 0 Å². The summed E-state index contributed by atoms with van der Waals surface area (Å²) in [6.07, 6.45) is 5.42. The number of amides is 1. The summed E-state index contributed by atoms with van der Waals surface area (Å²) in [5.74, 6) is -0.686. The number of ether oxygens (including phenoxy) is 1. The molecule has 0 spiro atoms. The lowest BCUT2D eigenvalue weighted by Gasteiger charge is -2.10.